The fourth-order valence-electron chi connectivity index (χ4n) is 5.99. The molecule has 0 saturated carbocycles. The Kier molecular flexibility index (Phi) is 11.7. The average molecular weight is 577 g/mol. The summed E-state index contributed by atoms with van der Waals surface area (Å²) in [7, 11) is 0. The molecular weight excluding hydrogens is 528 g/mol. The van der Waals surface area contributed by atoms with Crippen molar-refractivity contribution in [2.24, 2.45) is 0 Å². The number of carbonyl (C=O) groups is 1. The zero-order valence-electron chi connectivity index (χ0n) is 26.5. The van der Waals surface area contributed by atoms with Gasteiger partial charge in [0, 0.05) is 37.8 Å². The number of hydrogen-bond donors (Lipinski definition) is 0. The van der Waals surface area contributed by atoms with Crippen LogP contribution in [0, 0.1) is 0 Å². The molecule has 0 aromatic heterocycles. The van der Waals surface area contributed by atoms with Gasteiger partial charge in [0.25, 0.3) is 0 Å². The Hall–Kier alpha value is -3.73. The van der Waals surface area contributed by atoms with Gasteiger partial charge in [-0.3, -0.25) is 14.6 Å². The van der Waals surface area contributed by atoms with Gasteiger partial charge in [-0.05, 0) is 56.4 Å². The van der Waals surface area contributed by atoms with Crippen LogP contribution in [-0.4, -0.2) is 33.5 Å². The minimum absolute atomic E-state index is 0.0817. The summed E-state index contributed by atoms with van der Waals surface area (Å²) < 4.78 is 5.98. The molecule has 0 fully saturated rings. The second-order valence-corrected chi connectivity index (χ2v) is 12.5. The van der Waals surface area contributed by atoms with Crippen molar-refractivity contribution in [3.05, 3.63) is 144 Å². The van der Waals surface area contributed by atoms with Crippen LogP contribution >= 0.6 is 0 Å². The van der Waals surface area contributed by atoms with E-state index in [1.807, 2.05) is 20.8 Å². The Balaban J connectivity index is 1.80. The van der Waals surface area contributed by atoms with Gasteiger partial charge in [0.2, 0.25) is 0 Å². The van der Waals surface area contributed by atoms with E-state index in [2.05, 4.69) is 145 Å². The first-order valence-electron chi connectivity index (χ1n) is 15.6. The Labute approximate surface area is 259 Å². The van der Waals surface area contributed by atoms with Gasteiger partial charge in [-0.25, -0.2) is 0 Å². The topological polar surface area (TPSA) is 32.8 Å². The fraction of sp³-hybridized carbons (Fsp3) is 0.359. The SMILES string of the molecule is CC[C@H]([C@@H](CC(=O)OC(C)(C)C)N(Cc1ccccc1)[C@@H](C)c1ccccc1)N(Cc1ccccc1)Cc1ccccc1. The maximum atomic E-state index is 13.7. The van der Waals surface area contributed by atoms with E-state index in [9.17, 15) is 4.79 Å². The molecule has 0 amide bonds. The third-order valence-corrected chi connectivity index (χ3v) is 8.00. The molecule has 0 unspecified atom stereocenters. The first-order chi connectivity index (χ1) is 20.7. The number of nitrogens with zero attached hydrogens (tertiary/aromatic N) is 2. The van der Waals surface area contributed by atoms with Crippen molar-refractivity contribution in [2.45, 2.75) is 90.8 Å². The third-order valence-electron chi connectivity index (χ3n) is 8.00. The lowest BCUT2D eigenvalue weighted by molar-refractivity contribution is -0.157. The molecule has 0 N–H and O–H groups in total. The lowest BCUT2D eigenvalue weighted by Crippen LogP contribution is -2.53. The van der Waals surface area contributed by atoms with Crippen LogP contribution in [0.25, 0.3) is 0 Å². The van der Waals surface area contributed by atoms with Gasteiger partial charge in [0.15, 0.2) is 0 Å². The molecule has 3 atom stereocenters. The maximum Gasteiger partial charge on any atom is 0.307 e. The van der Waals surface area contributed by atoms with Crippen LogP contribution in [-0.2, 0) is 29.2 Å². The van der Waals surface area contributed by atoms with Crippen LogP contribution in [0.3, 0.4) is 0 Å². The first-order valence-corrected chi connectivity index (χ1v) is 15.6. The van der Waals surface area contributed by atoms with Crippen molar-refractivity contribution >= 4 is 5.97 Å². The van der Waals surface area contributed by atoms with E-state index < -0.39 is 5.60 Å². The molecule has 4 aromatic carbocycles. The highest BCUT2D eigenvalue weighted by Gasteiger charge is 2.36. The highest BCUT2D eigenvalue weighted by molar-refractivity contribution is 5.70. The van der Waals surface area contributed by atoms with Crippen molar-refractivity contribution in [1.82, 2.24) is 9.80 Å². The lowest BCUT2D eigenvalue weighted by Gasteiger charge is -2.45. The summed E-state index contributed by atoms with van der Waals surface area (Å²) in [6, 6.07) is 42.7. The fourth-order valence-corrected chi connectivity index (χ4v) is 5.99. The van der Waals surface area contributed by atoms with Gasteiger partial charge in [-0.1, -0.05) is 128 Å². The number of hydrogen-bond acceptors (Lipinski definition) is 4. The second-order valence-electron chi connectivity index (χ2n) is 12.5. The van der Waals surface area contributed by atoms with E-state index in [-0.39, 0.29) is 24.1 Å². The van der Waals surface area contributed by atoms with Gasteiger partial charge in [-0.2, -0.15) is 0 Å². The molecular formula is C39H48N2O2. The van der Waals surface area contributed by atoms with Crippen LogP contribution in [0.1, 0.15) is 75.8 Å². The smallest absolute Gasteiger partial charge is 0.307 e. The van der Waals surface area contributed by atoms with Crippen LogP contribution in [0.15, 0.2) is 121 Å². The number of benzene rings is 4. The summed E-state index contributed by atoms with van der Waals surface area (Å²) in [6.07, 6.45) is 1.19. The van der Waals surface area contributed by atoms with Gasteiger partial charge in [0.1, 0.15) is 5.60 Å². The summed E-state index contributed by atoms with van der Waals surface area (Å²) in [6.45, 7) is 12.7. The Morgan fingerprint density at radius 2 is 1.07 bits per heavy atom. The Bertz CT molecular complexity index is 1310. The van der Waals surface area contributed by atoms with Crippen molar-refractivity contribution in [1.29, 1.82) is 0 Å². The molecule has 226 valence electrons. The van der Waals surface area contributed by atoms with Crippen LogP contribution in [0.5, 0.6) is 0 Å². The molecule has 4 aromatic rings. The minimum atomic E-state index is -0.549. The summed E-state index contributed by atoms with van der Waals surface area (Å²) in [5.41, 5.74) is 4.44. The average Bonchev–Trinajstić information content (AvgIpc) is 3.00. The van der Waals surface area contributed by atoms with Crippen molar-refractivity contribution in [3.8, 4) is 0 Å². The number of ether oxygens (including phenoxy) is 1. The second kappa shape index (κ2) is 15.7. The van der Waals surface area contributed by atoms with E-state index >= 15 is 0 Å². The molecule has 0 heterocycles. The molecule has 0 radical (unpaired) electrons. The monoisotopic (exact) mass is 576 g/mol. The molecule has 0 aliphatic carbocycles. The normalized spacial score (nSPS) is 13.9. The maximum absolute atomic E-state index is 13.7. The molecule has 0 aliphatic rings. The summed E-state index contributed by atoms with van der Waals surface area (Å²) in [5, 5.41) is 0. The number of esters is 1. The van der Waals surface area contributed by atoms with Gasteiger partial charge >= 0.3 is 5.97 Å². The molecule has 4 heteroatoms. The highest BCUT2D eigenvalue weighted by Crippen LogP contribution is 2.32. The molecule has 4 nitrogen and oxygen atoms in total. The quantitative estimate of drug-likeness (QED) is 0.140. The van der Waals surface area contributed by atoms with Crippen LogP contribution in [0.4, 0.5) is 0 Å². The predicted molar refractivity (Wildman–Crippen MR) is 177 cm³/mol. The van der Waals surface area contributed by atoms with Crippen LogP contribution < -0.4 is 0 Å². The molecule has 0 spiro atoms. The van der Waals surface area contributed by atoms with Crippen molar-refractivity contribution in [3.63, 3.8) is 0 Å². The molecule has 4 rings (SSSR count). The first kappa shape index (κ1) is 32.2. The summed E-state index contributed by atoms with van der Waals surface area (Å²) >= 11 is 0. The largest absolute Gasteiger partial charge is 0.460 e. The predicted octanol–water partition coefficient (Wildman–Crippen LogP) is 8.83. The molecule has 0 bridgehead atoms. The molecule has 0 saturated heterocycles. The zero-order chi connectivity index (χ0) is 30.7. The number of rotatable bonds is 14. The van der Waals surface area contributed by atoms with E-state index in [0.717, 1.165) is 26.1 Å². The van der Waals surface area contributed by atoms with E-state index in [1.165, 1.54) is 22.3 Å². The van der Waals surface area contributed by atoms with Crippen molar-refractivity contribution < 1.29 is 9.53 Å². The highest BCUT2D eigenvalue weighted by atomic mass is 16.6. The molecule has 43 heavy (non-hydrogen) atoms. The molecule has 0 aliphatic heterocycles. The summed E-state index contributed by atoms with van der Waals surface area (Å²) in [4.78, 5) is 18.8. The Morgan fingerprint density at radius 3 is 1.49 bits per heavy atom. The third kappa shape index (κ3) is 9.91. The Morgan fingerprint density at radius 1 is 0.651 bits per heavy atom. The lowest BCUT2D eigenvalue weighted by atomic mass is 9.93. The van der Waals surface area contributed by atoms with Crippen molar-refractivity contribution in [2.75, 3.05) is 0 Å². The van der Waals surface area contributed by atoms with Crippen LogP contribution in [0.2, 0.25) is 0 Å². The number of carbonyl (C=O) groups excluding carboxylic acids is 1. The zero-order valence-corrected chi connectivity index (χ0v) is 26.5. The van der Waals surface area contributed by atoms with E-state index in [4.69, 9.17) is 4.74 Å². The standard InChI is InChI=1S/C39H48N2O2/c1-6-36(40(28-32-19-11-7-12-20-32)29-33-21-13-8-14-22-33)37(27-38(42)43-39(3,4)5)41(30-34-23-15-9-16-24-34)31(2)35-25-17-10-18-26-35/h7-26,31,36-37H,6,27-30H2,1-5H3/t31-,36+,37+/m0/s1. The van der Waals surface area contributed by atoms with E-state index in [1.54, 1.807) is 0 Å². The summed E-state index contributed by atoms with van der Waals surface area (Å²) in [5.74, 6) is -0.159. The minimum Gasteiger partial charge on any atom is -0.460 e. The van der Waals surface area contributed by atoms with Gasteiger partial charge < -0.3 is 4.74 Å². The van der Waals surface area contributed by atoms with Gasteiger partial charge in [0.05, 0.1) is 6.42 Å². The van der Waals surface area contributed by atoms with E-state index in [0.29, 0.717) is 6.42 Å². The van der Waals surface area contributed by atoms with Gasteiger partial charge in [-0.15, -0.1) is 0 Å².